The molecule has 0 saturated carbocycles. The van der Waals surface area contributed by atoms with Gasteiger partial charge in [-0.1, -0.05) is 127 Å². The van der Waals surface area contributed by atoms with Gasteiger partial charge in [0.1, 0.15) is 11.2 Å². The third-order valence-corrected chi connectivity index (χ3v) is 12.7. The van der Waals surface area contributed by atoms with E-state index in [9.17, 15) is 0 Å². The van der Waals surface area contributed by atoms with Crippen molar-refractivity contribution >= 4 is 76.3 Å². The first-order valence-corrected chi connectivity index (χ1v) is 20.9. The molecule has 3 aromatic heterocycles. The van der Waals surface area contributed by atoms with Crippen LogP contribution in [0.2, 0.25) is 0 Å². The highest BCUT2D eigenvalue weighted by atomic mass is 16.3. The van der Waals surface area contributed by atoms with E-state index in [-0.39, 0.29) is 0 Å². The van der Waals surface area contributed by atoms with Crippen LogP contribution < -0.4 is 0 Å². The summed E-state index contributed by atoms with van der Waals surface area (Å²) in [7, 11) is 0. The lowest BCUT2D eigenvalue weighted by molar-refractivity contribution is 0.669. The fourth-order valence-corrected chi connectivity index (χ4v) is 9.75. The Hall–Kier alpha value is -8.14. The fraction of sp³-hybridized carbons (Fsp3) is 0. The van der Waals surface area contributed by atoms with E-state index in [0.717, 1.165) is 44.4 Å². The van der Waals surface area contributed by atoms with E-state index in [1.807, 2.05) is 12.1 Å². The van der Waals surface area contributed by atoms with Crippen LogP contribution in [-0.2, 0) is 0 Å². The maximum atomic E-state index is 6.34. The van der Waals surface area contributed by atoms with Gasteiger partial charge >= 0.3 is 0 Å². The van der Waals surface area contributed by atoms with Crippen molar-refractivity contribution in [2.45, 2.75) is 0 Å². The van der Waals surface area contributed by atoms with E-state index in [2.05, 4.69) is 215 Å². The van der Waals surface area contributed by atoms with Crippen LogP contribution >= 0.6 is 0 Å². The Labute approximate surface area is 351 Å². The van der Waals surface area contributed by atoms with Crippen LogP contribution in [0, 0.1) is 0 Å². The van der Waals surface area contributed by atoms with Crippen molar-refractivity contribution in [2.24, 2.45) is 0 Å². The number of aromatic nitrogens is 2. The minimum atomic E-state index is 0.902. The zero-order valence-corrected chi connectivity index (χ0v) is 33.1. The molecular formula is C58H36N2O. The van der Waals surface area contributed by atoms with Crippen molar-refractivity contribution in [3.05, 3.63) is 218 Å². The molecule has 0 spiro atoms. The van der Waals surface area contributed by atoms with Crippen molar-refractivity contribution in [1.29, 1.82) is 0 Å². The monoisotopic (exact) mass is 776 g/mol. The summed E-state index contributed by atoms with van der Waals surface area (Å²) in [6.45, 7) is 0. The highest BCUT2D eigenvalue weighted by Crippen LogP contribution is 2.41. The van der Waals surface area contributed by atoms with Gasteiger partial charge in [0.25, 0.3) is 0 Å². The van der Waals surface area contributed by atoms with E-state index in [4.69, 9.17) is 4.42 Å². The first kappa shape index (κ1) is 33.8. The van der Waals surface area contributed by atoms with Gasteiger partial charge in [-0.05, 0) is 135 Å². The van der Waals surface area contributed by atoms with Crippen molar-refractivity contribution in [2.75, 3.05) is 0 Å². The molecule has 0 aliphatic heterocycles. The van der Waals surface area contributed by atoms with Crippen LogP contribution in [0.5, 0.6) is 0 Å². The number of para-hydroxylation sites is 3. The lowest BCUT2D eigenvalue weighted by Gasteiger charge is -2.11. The molecule has 0 atom stereocenters. The van der Waals surface area contributed by atoms with Crippen molar-refractivity contribution in [3.8, 4) is 44.8 Å². The highest BCUT2D eigenvalue weighted by Gasteiger charge is 2.18. The van der Waals surface area contributed by atoms with Crippen molar-refractivity contribution < 1.29 is 4.42 Å². The second-order valence-electron chi connectivity index (χ2n) is 16.1. The summed E-state index contributed by atoms with van der Waals surface area (Å²) < 4.78 is 11.1. The number of hydrogen-bond acceptors (Lipinski definition) is 1. The van der Waals surface area contributed by atoms with Crippen LogP contribution in [0.1, 0.15) is 0 Å². The molecule has 0 N–H and O–H groups in total. The molecule has 0 saturated heterocycles. The summed E-state index contributed by atoms with van der Waals surface area (Å²) >= 11 is 0. The molecule has 0 fully saturated rings. The van der Waals surface area contributed by atoms with Crippen molar-refractivity contribution in [1.82, 2.24) is 9.13 Å². The van der Waals surface area contributed by atoms with E-state index >= 15 is 0 Å². The molecule has 0 radical (unpaired) electrons. The molecule has 3 heterocycles. The van der Waals surface area contributed by atoms with Gasteiger partial charge in [-0.25, -0.2) is 0 Å². The van der Waals surface area contributed by atoms with Gasteiger partial charge in [0, 0.05) is 43.7 Å². The third kappa shape index (κ3) is 5.31. The largest absolute Gasteiger partial charge is 0.456 e. The molecule has 0 unspecified atom stereocenters. The van der Waals surface area contributed by atoms with E-state index in [0.29, 0.717) is 0 Å². The summed E-state index contributed by atoms with van der Waals surface area (Å²) in [5.41, 5.74) is 15.9. The van der Waals surface area contributed by atoms with Gasteiger partial charge in [0.15, 0.2) is 0 Å². The average molecular weight is 777 g/mol. The second-order valence-corrected chi connectivity index (χ2v) is 16.1. The van der Waals surface area contributed by atoms with E-state index < -0.39 is 0 Å². The molecule has 0 aliphatic rings. The molecule has 0 aliphatic carbocycles. The Balaban J connectivity index is 0.984. The van der Waals surface area contributed by atoms with Crippen LogP contribution in [0.25, 0.3) is 121 Å². The maximum Gasteiger partial charge on any atom is 0.136 e. The van der Waals surface area contributed by atoms with E-state index in [1.54, 1.807) is 0 Å². The Morgan fingerprint density at radius 2 is 0.705 bits per heavy atom. The normalized spacial score (nSPS) is 11.9. The van der Waals surface area contributed by atoms with Crippen LogP contribution in [0.15, 0.2) is 223 Å². The summed E-state index contributed by atoms with van der Waals surface area (Å²) in [5.74, 6) is 0. The number of nitrogens with zero attached hydrogens (tertiary/aromatic N) is 2. The molecule has 13 rings (SSSR count). The zero-order chi connectivity index (χ0) is 40.0. The molecule has 0 amide bonds. The Morgan fingerprint density at radius 1 is 0.246 bits per heavy atom. The Kier molecular flexibility index (Phi) is 7.31. The van der Waals surface area contributed by atoms with Crippen LogP contribution in [0.4, 0.5) is 0 Å². The minimum absolute atomic E-state index is 0.902. The standard InChI is InChI=1S/C58H36N2O/c1-2-12-45(13-3-1)59-53-16-8-6-14-47(53)50-33-41(23-29-54(50)59)42-24-30-55-51(34-42)52-35-43(44-22-28-49-48-15-7-9-17-57(48)61-58(49)36-44)25-31-56(52)60(55)46-26-20-38(21-27-46)40-19-18-37-10-4-5-11-39(37)32-40/h1-36H. The first-order valence-electron chi connectivity index (χ1n) is 20.9. The predicted molar refractivity (Wildman–Crippen MR) is 256 cm³/mol. The fourth-order valence-electron chi connectivity index (χ4n) is 9.75. The molecule has 10 aromatic carbocycles. The summed E-state index contributed by atoms with van der Waals surface area (Å²) in [5, 5.41) is 9.70. The Morgan fingerprint density at radius 3 is 1.41 bits per heavy atom. The number of rotatable bonds is 5. The zero-order valence-electron chi connectivity index (χ0n) is 33.1. The quantitative estimate of drug-likeness (QED) is 0.171. The van der Waals surface area contributed by atoms with Gasteiger partial charge in [-0.15, -0.1) is 0 Å². The van der Waals surface area contributed by atoms with Gasteiger partial charge in [-0.3, -0.25) is 0 Å². The highest BCUT2D eigenvalue weighted by molar-refractivity contribution is 6.14. The molecule has 3 heteroatoms. The van der Waals surface area contributed by atoms with Gasteiger partial charge in [0.05, 0.1) is 22.1 Å². The predicted octanol–water partition coefficient (Wildman–Crippen LogP) is 15.9. The smallest absolute Gasteiger partial charge is 0.136 e. The molecule has 0 bridgehead atoms. The topological polar surface area (TPSA) is 23.0 Å². The van der Waals surface area contributed by atoms with Crippen LogP contribution in [0.3, 0.4) is 0 Å². The summed E-state index contributed by atoms with van der Waals surface area (Å²) in [6, 6.07) is 79.4. The van der Waals surface area contributed by atoms with Gasteiger partial charge < -0.3 is 13.6 Å². The van der Waals surface area contributed by atoms with Crippen LogP contribution in [-0.4, -0.2) is 9.13 Å². The number of fused-ring (bicyclic) bond motifs is 10. The SMILES string of the molecule is c1ccc(-n2c3ccccc3c3cc(-c4ccc5c(c4)c4cc(-c6ccc7c(c6)oc6ccccc67)ccc4n5-c4ccc(-c5ccc6ccccc6c5)cc4)ccc32)cc1. The van der Waals surface area contributed by atoms with Gasteiger partial charge in [0.2, 0.25) is 0 Å². The summed E-state index contributed by atoms with van der Waals surface area (Å²) in [6.07, 6.45) is 0. The summed E-state index contributed by atoms with van der Waals surface area (Å²) in [4.78, 5) is 0. The molecule has 13 aromatic rings. The molecule has 61 heavy (non-hydrogen) atoms. The number of benzene rings is 10. The van der Waals surface area contributed by atoms with E-state index in [1.165, 1.54) is 76.6 Å². The molecule has 284 valence electrons. The third-order valence-electron chi connectivity index (χ3n) is 12.7. The number of hydrogen-bond donors (Lipinski definition) is 0. The first-order chi connectivity index (χ1) is 30.2. The number of furan rings is 1. The Bertz CT molecular complexity index is 3860. The minimum Gasteiger partial charge on any atom is -0.456 e. The maximum absolute atomic E-state index is 6.34. The van der Waals surface area contributed by atoms with Gasteiger partial charge in [-0.2, -0.15) is 0 Å². The molecular weight excluding hydrogens is 741 g/mol. The second kappa shape index (κ2) is 13.2. The lowest BCUT2D eigenvalue weighted by atomic mass is 9.99. The molecule has 3 nitrogen and oxygen atoms in total. The van der Waals surface area contributed by atoms with Crippen molar-refractivity contribution in [3.63, 3.8) is 0 Å². The average Bonchev–Trinajstić information content (AvgIpc) is 3.98. The lowest BCUT2D eigenvalue weighted by Crippen LogP contribution is -1.94.